The summed E-state index contributed by atoms with van der Waals surface area (Å²) < 4.78 is 10.1. The molecule has 0 N–H and O–H groups in total. The van der Waals surface area contributed by atoms with E-state index in [1.165, 1.54) is 0 Å². The highest BCUT2D eigenvalue weighted by molar-refractivity contribution is 5.75. The number of hydrogen-bond donors (Lipinski definition) is 0. The Kier molecular flexibility index (Phi) is 6.07. The van der Waals surface area contributed by atoms with Crippen LogP contribution in [0.2, 0.25) is 0 Å². The van der Waals surface area contributed by atoms with Gasteiger partial charge in [-0.3, -0.25) is 4.79 Å². The molecule has 0 amide bonds. The normalized spacial score (nSPS) is 13.0. The Morgan fingerprint density at radius 2 is 2.18 bits per heavy atom. The van der Waals surface area contributed by atoms with Crippen LogP contribution in [-0.4, -0.2) is 25.3 Å². The monoisotopic (exact) mass is 160 g/mol. The number of hydrogen-bond acceptors (Lipinski definition) is 3. The molecular weight excluding hydrogens is 144 g/mol. The molecule has 3 nitrogen and oxygen atoms in total. The summed E-state index contributed by atoms with van der Waals surface area (Å²) in [7, 11) is 0. The minimum atomic E-state index is -0.0287. The van der Waals surface area contributed by atoms with Crippen molar-refractivity contribution >= 4 is 5.78 Å². The summed E-state index contributed by atoms with van der Waals surface area (Å²) in [6.45, 7) is 6.25. The molecule has 0 aliphatic heterocycles. The number of carbonyl (C=O) groups excluding carboxylic acids is 1. The van der Waals surface area contributed by atoms with Crippen LogP contribution in [0.15, 0.2) is 0 Å². The van der Waals surface area contributed by atoms with Crippen molar-refractivity contribution in [1.82, 2.24) is 0 Å². The highest BCUT2D eigenvalue weighted by Crippen LogP contribution is 1.97. The van der Waals surface area contributed by atoms with Crippen molar-refractivity contribution in [1.29, 1.82) is 0 Å². The van der Waals surface area contributed by atoms with Crippen LogP contribution in [0, 0.1) is 0 Å². The minimum Gasteiger partial charge on any atom is -0.356 e. The molecule has 0 aliphatic carbocycles. The maximum absolute atomic E-state index is 10.6. The van der Waals surface area contributed by atoms with Crippen molar-refractivity contribution in [2.24, 2.45) is 0 Å². The number of Topliss-reactive ketones (excluding diaryl/α,β-unsaturated/α-hetero) is 1. The molecule has 0 aromatic heterocycles. The maximum atomic E-state index is 10.6. The number of carbonyl (C=O) groups is 1. The van der Waals surface area contributed by atoms with E-state index in [1.54, 1.807) is 6.92 Å². The second-order valence-electron chi connectivity index (χ2n) is 2.49. The summed E-state index contributed by atoms with van der Waals surface area (Å²) in [6, 6.07) is 0. The summed E-state index contributed by atoms with van der Waals surface area (Å²) in [5.74, 6) is 0.147. The molecule has 0 aromatic carbocycles. The smallest absolute Gasteiger partial charge is 0.147 e. The van der Waals surface area contributed by atoms with Gasteiger partial charge in [-0.15, -0.1) is 0 Å². The highest BCUT2D eigenvalue weighted by atomic mass is 16.7. The van der Waals surface area contributed by atoms with Crippen LogP contribution in [0.5, 0.6) is 0 Å². The second-order valence-corrected chi connectivity index (χ2v) is 2.49. The Hall–Kier alpha value is -0.410. The number of ether oxygens (including phenoxy) is 2. The largest absolute Gasteiger partial charge is 0.356 e. The Morgan fingerprint density at radius 3 is 2.64 bits per heavy atom. The lowest BCUT2D eigenvalue weighted by atomic mass is 10.2. The van der Waals surface area contributed by atoms with Gasteiger partial charge in [-0.2, -0.15) is 0 Å². The van der Waals surface area contributed by atoms with Gasteiger partial charge in [0, 0.05) is 13.0 Å². The van der Waals surface area contributed by atoms with Crippen molar-refractivity contribution in [2.75, 3.05) is 13.4 Å². The first-order valence-corrected chi connectivity index (χ1v) is 3.85. The first-order chi connectivity index (χ1) is 5.16. The quantitative estimate of drug-likeness (QED) is 0.435. The first-order valence-electron chi connectivity index (χ1n) is 3.85. The van der Waals surface area contributed by atoms with Gasteiger partial charge in [0.1, 0.15) is 12.6 Å². The van der Waals surface area contributed by atoms with E-state index < -0.39 is 0 Å². The zero-order chi connectivity index (χ0) is 8.69. The van der Waals surface area contributed by atoms with Gasteiger partial charge in [-0.05, 0) is 20.8 Å². The van der Waals surface area contributed by atoms with E-state index in [0.717, 1.165) is 0 Å². The number of ketones is 1. The van der Waals surface area contributed by atoms with Gasteiger partial charge in [0.05, 0.1) is 6.10 Å². The molecule has 0 fully saturated rings. The molecule has 0 aromatic rings. The van der Waals surface area contributed by atoms with Crippen LogP contribution in [0.3, 0.4) is 0 Å². The lowest BCUT2D eigenvalue weighted by molar-refractivity contribution is -0.123. The van der Waals surface area contributed by atoms with Gasteiger partial charge < -0.3 is 9.47 Å². The average molecular weight is 160 g/mol. The molecule has 3 heteroatoms. The third-order valence-corrected chi connectivity index (χ3v) is 1.21. The fourth-order valence-corrected chi connectivity index (χ4v) is 0.711. The third-order valence-electron chi connectivity index (χ3n) is 1.21. The highest BCUT2D eigenvalue weighted by Gasteiger charge is 2.04. The third kappa shape index (κ3) is 7.49. The van der Waals surface area contributed by atoms with E-state index in [4.69, 9.17) is 9.47 Å². The lowest BCUT2D eigenvalue weighted by Crippen LogP contribution is -2.14. The van der Waals surface area contributed by atoms with Crippen LogP contribution in [0.1, 0.15) is 27.2 Å². The van der Waals surface area contributed by atoms with Crippen molar-refractivity contribution in [3.05, 3.63) is 0 Å². The van der Waals surface area contributed by atoms with E-state index >= 15 is 0 Å². The molecule has 0 bridgehead atoms. The summed E-state index contributed by atoms with van der Waals surface area (Å²) >= 11 is 0. The van der Waals surface area contributed by atoms with Crippen LogP contribution in [0.4, 0.5) is 0 Å². The zero-order valence-corrected chi connectivity index (χ0v) is 7.42. The van der Waals surface area contributed by atoms with Gasteiger partial charge in [0.2, 0.25) is 0 Å². The molecule has 0 heterocycles. The Morgan fingerprint density at radius 1 is 1.55 bits per heavy atom. The van der Waals surface area contributed by atoms with Gasteiger partial charge in [0.15, 0.2) is 0 Å². The van der Waals surface area contributed by atoms with Gasteiger partial charge in [-0.25, -0.2) is 0 Å². The molecule has 0 rings (SSSR count). The first kappa shape index (κ1) is 10.6. The van der Waals surface area contributed by atoms with Crippen molar-refractivity contribution < 1.29 is 14.3 Å². The van der Waals surface area contributed by atoms with Crippen LogP contribution < -0.4 is 0 Å². The van der Waals surface area contributed by atoms with E-state index in [1.807, 2.05) is 13.8 Å². The lowest BCUT2D eigenvalue weighted by Gasteiger charge is -2.10. The van der Waals surface area contributed by atoms with Gasteiger partial charge in [0.25, 0.3) is 0 Å². The standard InChI is InChI=1S/C8H16O3/c1-4-10-6-11-8(3)5-7(2)9/h8H,4-6H2,1-3H3/t8-/m0/s1. The topological polar surface area (TPSA) is 35.5 Å². The van der Waals surface area contributed by atoms with Gasteiger partial charge in [-0.1, -0.05) is 0 Å². The van der Waals surface area contributed by atoms with E-state index in [0.29, 0.717) is 13.0 Å². The van der Waals surface area contributed by atoms with E-state index in [2.05, 4.69) is 0 Å². The molecular formula is C8H16O3. The summed E-state index contributed by atoms with van der Waals surface area (Å²) in [5, 5.41) is 0. The van der Waals surface area contributed by atoms with Crippen LogP contribution in [-0.2, 0) is 14.3 Å². The van der Waals surface area contributed by atoms with Crippen molar-refractivity contribution in [3.8, 4) is 0 Å². The Balaban J connectivity index is 3.22. The molecule has 0 radical (unpaired) electrons. The molecule has 11 heavy (non-hydrogen) atoms. The second kappa shape index (κ2) is 6.31. The van der Waals surface area contributed by atoms with Crippen LogP contribution in [0.25, 0.3) is 0 Å². The molecule has 0 spiro atoms. The maximum Gasteiger partial charge on any atom is 0.147 e. The zero-order valence-electron chi connectivity index (χ0n) is 7.42. The minimum absolute atomic E-state index is 0.0287. The molecule has 0 saturated heterocycles. The molecule has 0 saturated carbocycles. The predicted octanol–water partition coefficient (Wildman–Crippen LogP) is 1.36. The molecule has 66 valence electrons. The fourth-order valence-electron chi connectivity index (χ4n) is 0.711. The van der Waals surface area contributed by atoms with Gasteiger partial charge >= 0.3 is 0 Å². The van der Waals surface area contributed by atoms with Crippen molar-refractivity contribution in [3.63, 3.8) is 0 Å². The van der Waals surface area contributed by atoms with E-state index in [-0.39, 0.29) is 18.7 Å². The van der Waals surface area contributed by atoms with E-state index in [9.17, 15) is 4.79 Å². The molecule has 0 unspecified atom stereocenters. The summed E-state index contributed by atoms with van der Waals surface area (Å²) in [5.41, 5.74) is 0. The molecule has 1 atom stereocenters. The summed E-state index contributed by atoms with van der Waals surface area (Å²) in [6.07, 6.45) is 0.437. The SMILES string of the molecule is CCOCO[C@@H](C)CC(C)=O. The number of rotatable bonds is 6. The Bertz CT molecular complexity index is 112. The van der Waals surface area contributed by atoms with Crippen LogP contribution >= 0.6 is 0 Å². The fraction of sp³-hybridized carbons (Fsp3) is 0.875. The van der Waals surface area contributed by atoms with Crippen molar-refractivity contribution in [2.45, 2.75) is 33.3 Å². The average Bonchev–Trinajstić information content (AvgIpc) is 1.86. The Labute approximate surface area is 67.7 Å². The predicted molar refractivity (Wildman–Crippen MR) is 42.3 cm³/mol. The molecule has 0 aliphatic rings. The summed E-state index contributed by atoms with van der Waals surface area (Å²) in [4.78, 5) is 10.6.